The molecule has 7 nitrogen and oxygen atoms in total. The van der Waals surface area contributed by atoms with Gasteiger partial charge < -0.3 is 16.2 Å². The lowest BCUT2D eigenvalue weighted by molar-refractivity contribution is -0.125. The van der Waals surface area contributed by atoms with Crippen LogP contribution in [0, 0.1) is 0 Å². The molecule has 0 fully saturated rings. The summed E-state index contributed by atoms with van der Waals surface area (Å²) >= 11 is 0. The number of fused-ring (bicyclic) bond motifs is 1. The van der Waals surface area contributed by atoms with Crippen LogP contribution in [0.1, 0.15) is 0 Å². The van der Waals surface area contributed by atoms with Gasteiger partial charge in [-0.3, -0.25) is 4.79 Å². The average Bonchev–Trinajstić information content (AvgIpc) is 2.35. The summed E-state index contributed by atoms with van der Waals surface area (Å²) in [4.78, 5) is 14.8. The largest absolute Gasteiger partial charge is 0.381 e. The van der Waals surface area contributed by atoms with Crippen LogP contribution in [0.4, 0.5) is 5.95 Å². The molecule has 7 heteroatoms. The number of rotatable bonds is 4. The molecular formula is C10H11N5O2. The van der Waals surface area contributed by atoms with E-state index in [2.05, 4.69) is 20.5 Å². The molecule has 0 saturated carbocycles. The molecule has 0 bridgehead atoms. The first kappa shape index (κ1) is 11.2. The van der Waals surface area contributed by atoms with E-state index < -0.39 is 12.0 Å². The van der Waals surface area contributed by atoms with Crippen LogP contribution in [-0.2, 0) is 4.79 Å². The Kier molecular flexibility index (Phi) is 3.10. The van der Waals surface area contributed by atoms with Crippen molar-refractivity contribution in [3.8, 4) is 0 Å². The number of aliphatic hydroxyl groups is 1. The van der Waals surface area contributed by atoms with Crippen molar-refractivity contribution in [3.63, 3.8) is 0 Å². The predicted octanol–water partition coefficient (Wildman–Crippen LogP) is -0.717. The number of nitrogens with two attached hydrogens (primary N) is 1. The first-order chi connectivity index (χ1) is 8.16. The molecule has 1 heterocycles. The van der Waals surface area contributed by atoms with Crippen LogP contribution in [0.15, 0.2) is 24.3 Å². The maximum atomic E-state index is 10.6. The van der Waals surface area contributed by atoms with Gasteiger partial charge in [0.1, 0.15) is 11.6 Å². The minimum Gasteiger partial charge on any atom is -0.381 e. The van der Waals surface area contributed by atoms with Crippen molar-refractivity contribution in [3.05, 3.63) is 24.3 Å². The lowest BCUT2D eigenvalue weighted by atomic mass is 10.3. The molecule has 88 valence electrons. The van der Waals surface area contributed by atoms with Crippen LogP contribution in [0.2, 0.25) is 0 Å². The first-order valence-corrected chi connectivity index (χ1v) is 4.97. The number of nitrogens with one attached hydrogen (secondary N) is 1. The second-order valence-electron chi connectivity index (χ2n) is 3.42. The Balaban J connectivity index is 2.12. The van der Waals surface area contributed by atoms with Crippen LogP contribution in [-0.4, -0.2) is 38.8 Å². The number of hydrogen-bond acceptors (Lipinski definition) is 6. The Morgan fingerprint density at radius 3 is 2.76 bits per heavy atom. The summed E-state index contributed by atoms with van der Waals surface area (Å²) in [5.74, 6) is -0.560. The lowest BCUT2D eigenvalue weighted by Crippen LogP contribution is -2.34. The Hall–Kier alpha value is -2.28. The van der Waals surface area contributed by atoms with E-state index in [-0.39, 0.29) is 12.5 Å². The van der Waals surface area contributed by atoms with Crippen LogP contribution in [0.25, 0.3) is 11.0 Å². The topological polar surface area (TPSA) is 114 Å². The maximum absolute atomic E-state index is 10.6. The number of nitrogens with zero attached hydrogens (tertiary/aromatic N) is 3. The highest BCUT2D eigenvalue weighted by atomic mass is 16.3. The van der Waals surface area contributed by atoms with Gasteiger partial charge in [-0.05, 0) is 12.1 Å². The normalized spacial score (nSPS) is 12.3. The predicted molar refractivity (Wildman–Crippen MR) is 61.0 cm³/mol. The molecule has 1 aromatic carbocycles. The van der Waals surface area contributed by atoms with E-state index in [0.29, 0.717) is 11.0 Å². The van der Waals surface area contributed by atoms with Crippen LogP contribution in [0.5, 0.6) is 0 Å². The lowest BCUT2D eigenvalue weighted by Gasteiger charge is -2.07. The van der Waals surface area contributed by atoms with Gasteiger partial charge in [0.25, 0.3) is 0 Å². The molecule has 17 heavy (non-hydrogen) atoms. The molecule has 1 amide bonds. The minimum atomic E-state index is -1.27. The standard InChI is InChI=1S/C10H11N5O2/c11-9(17)8(16)5-12-10-13-6-3-1-2-4-7(6)14-15-10/h1-4,8,16H,5H2,(H2,11,17)(H,12,13,15). The third kappa shape index (κ3) is 2.64. The van der Waals surface area contributed by atoms with E-state index >= 15 is 0 Å². The fourth-order valence-corrected chi connectivity index (χ4v) is 1.24. The number of benzene rings is 1. The van der Waals surface area contributed by atoms with E-state index in [1.807, 2.05) is 12.1 Å². The number of anilines is 1. The molecule has 1 atom stereocenters. The van der Waals surface area contributed by atoms with E-state index in [9.17, 15) is 9.90 Å². The molecule has 4 N–H and O–H groups in total. The van der Waals surface area contributed by atoms with Crippen LogP contribution in [0.3, 0.4) is 0 Å². The van der Waals surface area contributed by atoms with Crippen LogP contribution < -0.4 is 11.1 Å². The van der Waals surface area contributed by atoms with Crippen molar-refractivity contribution in [1.82, 2.24) is 15.2 Å². The minimum absolute atomic E-state index is 0.0463. The summed E-state index contributed by atoms with van der Waals surface area (Å²) in [5.41, 5.74) is 6.26. The SMILES string of the molecule is NC(=O)C(O)CNc1nnc2ccccc2n1. The van der Waals surface area contributed by atoms with Crippen molar-refractivity contribution in [2.45, 2.75) is 6.10 Å². The summed E-state index contributed by atoms with van der Waals surface area (Å²) in [6.45, 7) is -0.0463. The van der Waals surface area contributed by atoms with E-state index in [1.165, 1.54) is 0 Å². The van der Waals surface area contributed by atoms with Crippen molar-refractivity contribution < 1.29 is 9.90 Å². The zero-order valence-electron chi connectivity index (χ0n) is 8.87. The second kappa shape index (κ2) is 4.71. The maximum Gasteiger partial charge on any atom is 0.248 e. The van der Waals surface area contributed by atoms with E-state index in [4.69, 9.17) is 5.73 Å². The quantitative estimate of drug-likeness (QED) is 0.642. The van der Waals surface area contributed by atoms with Gasteiger partial charge in [0.15, 0.2) is 0 Å². The Labute approximate surface area is 96.7 Å². The fraction of sp³-hybridized carbons (Fsp3) is 0.200. The summed E-state index contributed by atoms with van der Waals surface area (Å²) in [6, 6.07) is 7.25. The van der Waals surface area contributed by atoms with Gasteiger partial charge in [-0.1, -0.05) is 12.1 Å². The number of primary amides is 1. The number of carbonyl (C=O) groups excluding carboxylic acids is 1. The molecule has 0 aliphatic heterocycles. The number of aromatic nitrogens is 3. The number of amides is 1. The summed E-state index contributed by atoms with van der Waals surface area (Å²) < 4.78 is 0. The van der Waals surface area contributed by atoms with E-state index in [0.717, 1.165) is 0 Å². The molecule has 0 spiro atoms. The van der Waals surface area contributed by atoms with Gasteiger partial charge in [0, 0.05) is 0 Å². The molecule has 0 saturated heterocycles. The molecule has 0 aliphatic carbocycles. The number of aliphatic hydroxyl groups excluding tert-OH is 1. The average molecular weight is 233 g/mol. The monoisotopic (exact) mass is 233 g/mol. The van der Waals surface area contributed by atoms with Gasteiger partial charge in [-0.2, -0.15) is 0 Å². The molecule has 1 aromatic heterocycles. The number of hydrogen-bond donors (Lipinski definition) is 3. The summed E-state index contributed by atoms with van der Waals surface area (Å²) in [5, 5.41) is 19.6. The first-order valence-electron chi connectivity index (χ1n) is 4.97. The summed E-state index contributed by atoms with van der Waals surface area (Å²) in [6.07, 6.45) is -1.27. The summed E-state index contributed by atoms with van der Waals surface area (Å²) in [7, 11) is 0. The van der Waals surface area contributed by atoms with Crippen molar-refractivity contribution in [2.75, 3.05) is 11.9 Å². The van der Waals surface area contributed by atoms with E-state index in [1.54, 1.807) is 12.1 Å². The van der Waals surface area contributed by atoms with Gasteiger partial charge in [-0.25, -0.2) is 4.98 Å². The molecular weight excluding hydrogens is 222 g/mol. The van der Waals surface area contributed by atoms with Gasteiger partial charge in [0.2, 0.25) is 11.9 Å². The van der Waals surface area contributed by atoms with Gasteiger partial charge in [0.05, 0.1) is 12.1 Å². The molecule has 0 radical (unpaired) electrons. The molecule has 2 rings (SSSR count). The molecule has 0 aliphatic rings. The zero-order valence-corrected chi connectivity index (χ0v) is 8.87. The zero-order chi connectivity index (χ0) is 12.3. The van der Waals surface area contributed by atoms with Gasteiger partial charge in [-0.15, -0.1) is 10.2 Å². The molecule has 1 unspecified atom stereocenters. The van der Waals surface area contributed by atoms with Crippen molar-refractivity contribution in [2.24, 2.45) is 5.73 Å². The van der Waals surface area contributed by atoms with Gasteiger partial charge >= 0.3 is 0 Å². The smallest absolute Gasteiger partial charge is 0.248 e. The molecule has 2 aromatic rings. The highest BCUT2D eigenvalue weighted by Gasteiger charge is 2.11. The number of para-hydroxylation sites is 1. The third-order valence-corrected chi connectivity index (χ3v) is 2.14. The van der Waals surface area contributed by atoms with Crippen molar-refractivity contribution in [1.29, 1.82) is 0 Å². The Morgan fingerprint density at radius 2 is 2.06 bits per heavy atom. The third-order valence-electron chi connectivity index (χ3n) is 2.14. The highest BCUT2D eigenvalue weighted by molar-refractivity contribution is 5.79. The Morgan fingerprint density at radius 1 is 1.35 bits per heavy atom. The highest BCUT2D eigenvalue weighted by Crippen LogP contribution is 2.08. The number of carbonyl (C=O) groups is 1. The van der Waals surface area contributed by atoms with Crippen molar-refractivity contribution >= 4 is 22.9 Å². The Bertz CT molecular complexity index is 545. The van der Waals surface area contributed by atoms with Crippen LogP contribution >= 0.6 is 0 Å². The second-order valence-corrected chi connectivity index (χ2v) is 3.42. The fourth-order valence-electron chi connectivity index (χ4n) is 1.24.